The number of sulfonamides is 1. The van der Waals surface area contributed by atoms with E-state index in [1.165, 1.54) is 22.5 Å². The second-order valence-electron chi connectivity index (χ2n) is 10.2. The molecule has 10 heteroatoms. The molecule has 2 amide bonds. The molecule has 2 saturated heterocycles. The molecule has 2 aliphatic heterocycles. The zero-order chi connectivity index (χ0) is 28.3. The SMILES string of the molecule is O=C(c1cc(S(=O)(=O)N(Cc2ccccc2)c2ccc(Cl)cc2)ccc1Cl)N1CCC(C(=O)N2CCCC2)CC1. The van der Waals surface area contributed by atoms with Gasteiger partial charge in [0.2, 0.25) is 5.91 Å². The Labute approximate surface area is 245 Å². The first-order valence-corrected chi connectivity index (χ1v) is 15.6. The van der Waals surface area contributed by atoms with Gasteiger partial charge in [0.1, 0.15) is 0 Å². The third kappa shape index (κ3) is 6.14. The summed E-state index contributed by atoms with van der Waals surface area (Å²) in [5, 5.41) is 0.673. The maximum Gasteiger partial charge on any atom is 0.264 e. The van der Waals surface area contributed by atoms with Crippen LogP contribution >= 0.6 is 23.2 Å². The van der Waals surface area contributed by atoms with Crippen molar-refractivity contribution in [2.75, 3.05) is 30.5 Å². The number of hydrogen-bond acceptors (Lipinski definition) is 4. The molecule has 40 heavy (non-hydrogen) atoms. The predicted molar refractivity (Wildman–Crippen MR) is 157 cm³/mol. The zero-order valence-electron chi connectivity index (χ0n) is 22.0. The summed E-state index contributed by atoms with van der Waals surface area (Å²) < 4.78 is 29.3. The molecule has 0 unspecified atom stereocenters. The molecule has 0 bridgehead atoms. The zero-order valence-corrected chi connectivity index (χ0v) is 24.3. The summed E-state index contributed by atoms with van der Waals surface area (Å²) in [7, 11) is -4.09. The monoisotopic (exact) mass is 599 g/mol. The molecule has 2 aliphatic rings. The van der Waals surface area contributed by atoms with Gasteiger partial charge in [0.05, 0.1) is 27.7 Å². The van der Waals surface area contributed by atoms with Crippen molar-refractivity contribution in [3.8, 4) is 0 Å². The van der Waals surface area contributed by atoms with Crippen molar-refractivity contribution in [3.63, 3.8) is 0 Å². The van der Waals surface area contributed by atoms with Gasteiger partial charge in [-0.1, -0.05) is 53.5 Å². The molecule has 7 nitrogen and oxygen atoms in total. The number of rotatable bonds is 7. The average Bonchev–Trinajstić information content (AvgIpc) is 3.52. The number of benzene rings is 3. The van der Waals surface area contributed by atoms with E-state index in [0.717, 1.165) is 31.5 Å². The molecule has 5 rings (SSSR count). The minimum atomic E-state index is -4.09. The molecule has 0 aliphatic carbocycles. The van der Waals surface area contributed by atoms with E-state index in [4.69, 9.17) is 23.2 Å². The van der Waals surface area contributed by atoms with E-state index >= 15 is 0 Å². The normalized spacial score (nSPS) is 16.2. The van der Waals surface area contributed by atoms with Crippen LogP contribution in [-0.2, 0) is 21.4 Å². The maximum absolute atomic E-state index is 14.0. The summed E-state index contributed by atoms with van der Waals surface area (Å²) in [4.78, 5) is 29.9. The van der Waals surface area contributed by atoms with Crippen LogP contribution in [0.1, 0.15) is 41.6 Å². The highest BCUT2D eigenvalue weighted by Gasteiger charge is 2.33. The van der Waals surface area contributed by atoms with Crippen LogP contribution in [0.5, 0.6) is 0 Å². The summed E-state index contributed by atoms with van der Waals surface area (Å²) in [6.45, 7) is 2.55. The van der Waals surface area contributed by atoms with Gasteiger partial charge < -0.3 is 9.80 Å². The van der Waals surface area contributed by atoms with Gasteiger partial charge in [-0.3, -0.25) is 13.9 Å². The predicted octanol–water partition coefficient (Wildman–Crippen LogP) is 5.86. The van der Waals surface area contributed by atoms with E-state index in [-0.39, 0.29) is 39.8 Å². The van der Waals surface area contributed by atoms with Crippen molar-refractivity contribution in [1.82, 2.24) is 9.80 Å². The minimum Gasteiger partial charge on any atom is -0.342 e. The summed E-state index contributed by atoms with van der Waals surface area (Å²) in [6.07, 6.45) is 3.25. The summed E-state index contributed by atoms with van der Waals surface area (Å²) in [5.74, 6) is -0.248. The lowest BCUT2D eigenvalue weighted by molar-refractivity contribution is -0.135. The number of anilines is 1. The molecule has 0 atom stereocenters. The lowest BCUT2D eigenvalue weighted by Crippen LogP contribution is -2.43. The first-order valence-electron chi connectivity index (χ1n) is 13.4. The molecular weight excluding hydrogens is 569 g/mol. The average molecular weight is 601 g/mol. The molecule has 0 aromatic heterocycles. The summed E-state index contributed by atoms with van der Waals surface area (Å²) in [5.41, 5.74) is 1.38. The van der Waals surface area contributed by atoms with Gasteiger partial charge >= 0.3 is 0 Å². The highest BCUT2D eigenvalue weighted by molar-refractivity contribution is 7.92. The number of carbonyl (C=O) groups is 2. The number of hydrogen-bond donors (Lipinski definition) is 0. The van der Waals surface area contributed by atoms with Crippen molar-refractivity contribution in [2.24, 2.45) is 5.92 Å². The van der Waals surface area contributed by atoms with Crippen molar-refractivity contribution >= 4 is 50.7 Å². The highest BCUT2D eigenvalue weighted by Crippen LogP contribution is 2.31. The van der Waals surface area contributed by atoms with E-state index < -0.39 is 10.0 Å². The minimum absolute atomic E-state index is 0.0368. The van der Waals surface area contributed by atoms with Gasteiger partial charge in [-0.05, 0) is 73.7 Å². The second-order valence-corrected chi connectivity index (χ2v) is 12.9. The topological polar surface area (TPSA) is 78.0 Å². The first-order chi connectivity index (χ1) is 19.2. The van der Waals surface area contributed by atoms with Crippen LogP contribution in [0, 0.1) is 5.92 Å². The standard InChI is InChI=1S/C30H31Cl2N3O4S/c31-24-8-10-25(11-9-24)35(21-22-6-2-1-3-7-22)40(38,39)26-12-13-28(32)27(20-26)30(37)34-18-14-23(15-19-34)29(36)33-16-4-5-17-33/h1-3,6-13,20,23H,4-5,14-19,21H2. The van der Waals surface area contributed by atoms with Crippen LogP contribution in [-0.4, -0.2) is 56.2 Å². The van der Waals surface area contributed by atoms with Crippen molar-refractivity contribution in [3.05, 3.63) is 94.0 Å². The Morgan fingerprint density at radius 1 is 0.825 bits per heavy atom. The van der Waals surface area contributed by atoms with Crippen LogP contribution in [0.25, 0.3) is 0 Å². The van der Waals surface area contributed by atoms with E-state index in [2.05, 4.69) is 0 Å². The van der Waals surface area contributed by atoms with Crippen molar-refractivity contribution in [1.29, 1.82) is 0 Å². The number of amides is 2. The quantitative estimate of drug-likeness (QED) is 0.340. The molecule has 0 saturated carbocycles. The molecule has 3 aromatic rings. The van der Waals surface area contributed by atoms with Gasteiger partial charge in [-0.25, -0.2) is 8.42 Å². The van der Waals surface area contributed by atoms with Crippen LogP contribution < -0.4 is 4.31 Å². The first kappa shape index (κ1) is 28.5. The summed E-state index contributed by atoms with van der Waals surface area (Å²) in [6, 6.07) is 20.1. The Hall–Kier alpha value is -3.07. The Bertz CT molecular complexity index is 1470. The van der Waals surface area contributed by atoms with Crippen LogP contribution in [0.2, 0.25) is 10.0 Å². The highest BCUT2D eigenvalue weighted by atomic mass is 35.5. The third-order valence-electron chi connectivity index (χ3n) is 7.59. The number of nitrogens with zero attached hydrogens (tertiary/aromatic N) is 3. The van der Waals surface area contributed by atoms with E-state index in [1.54, 1.807) is 29.2 Å². The molecule has 210 valence electrons. The van der Waals surface area contributed by atoms with Gasteiger partial charge in [0, 0.05) is 37.1 Å². The Kier molecular flexibility index (Phi) is 8.68. The number of piperidine rings is 1. The third-order valence-corrected chi connectivity index (χ3v) is 9.94. The molecule has 2 fully saturated rings. The van der Waals surface area contributed by atoms with Crippen LogP contribution in [0.4, 0.5) is 5.69 Å². The van der Waals surface area contributed by atoms with Gasteiger partial charge in [0.15, 0.2) is 0 Å². The maximum atomic E-state index is 14.0. The molecule has 2 heterocycles. The lowest BCUT2D eigenvalue weighted by Gasteiger charge is -2.33. The van der Waals surface area contributed by atoms with Crippen molar-refractivity contribution < 1.29 is 18.0 Å². The molecule has 0 N–H and O–H groups in total. The van der Waals surface area contributed by atoms with E-state index in [0.29, 0.717) is 36.6 Å². The molecule has 0 spiro atoms. The smallest absolute Gasteiger partial charge is 0.264 e. The lowest BCUT2D eigenvalue weighted by atomic mass is 9.95. The molecule has 3 aromatic carbocycles. The Morgan fingerprint density at radius 2 is 1.48 bits per heavy atom. The van der Waals surface area contributed by atoms with Gasteiger partial charge in [0.25, 0.3) is 15.9 Å². The second kappa shape index (κ2) is 12.2. The van der Waals surface area contributed by atoms with Gasteiger partial charge in [-0.15, -0.1) is 0 Å². The number of halogens is 2. The largest absolute Gasteiger partial charge is 0.342 e. The van der Waals surface area contributed by atoms with Crippen LogP contribution in [0.15, 0.2) is 77.7 Å². The number of likely N-dealkylation sites (tertiary alicyclic amines) is 2. The van der Waals surface area contributed by atoms with Gasteiger partial charge in [-0.2, -0.15) is 0 Å². The fourth-order valence-corrected chi connectivity index (χ4v) is 7.13. The fraction of sp³-hybridized carbons (Fsp3) is 0.333. The van der Waals surface area contributed by atoms with Crippen LogP contribution in [0.3, 0.4) is 0 Å². The Balaban J connectivity index is 1.38. The molecule has 0 radical (unpaired) electrons. The number of carbonyl (C=O) groups excluding carboxylic acids is 2. The van der Waals surface area contributed by atoms with E-state index in [1.807, 2.05) is 35.2 Å². The Morgan fingerprint density at radius 3 is 2.12 bits per heavy atom. The van der Waals surface area contributed by atoms with Crippen molar-refractivity contribution in [2.45, 2.75) is 37.1 Å². The fourth-order valence-electron chi connectivity index (χ4n) is 5.32. The molecular formula is C30H31Cl2N3O4S. The summed E-state index contributed by atoms with van der Waals surface area (Å²) >= 11 is 12.5. The van der Waals surface area contributed by atoms with E-state index in [9.17, 15) is 18.0 Å².